The molecule has 0 unspecified atom stereocenters. The molecule has 0 bridgehead atoms. The lowest BCUT2D eigenvalue weighted by Crippen LogP contribution is -2.09. The molecule has 1 nitrogen and oxygen atoms in total. The number of nitrogens with zero attached hydrogens (tertiary/aromatic N) is 1. The summed E-state index contributed by atoms with van der Waals surface area (Å²) >= 11 is 0. The van der Waals surface area contributed by atoms with Gasteiger partial charge in [-0.05, 0) is 56.0 Å². The molecule has 0 atom stereocenters. The first-order valence-electron chi connectivity index (χ1n) is 6.58. The monoisotopic (exact) mass is 243 g/mol. The van der Waals surface area contributed by atoms with Gasteiger partial charge >= 0.3 is 0 Å². The van der Waals surface area contributed by atoms with Gasteiger partial charge in [0, 0.05) is 19.8 Å². The highest BCUT2D eigenvalue weighted by atomic mass is 15.1. The van der Waals surface area contributed by atoms with Gasteiger partial charge in [-0.25, -0.2) is 0 Å². The Morgan fingerprint density at radius 1 is 1.11 bits per heavy atom. The Labute approximate surface area is 112 Å². The molecule has 0 N–H and O–H groups in total. The van der Waals surface area contributed by atoms with Crippen LogP contribution in [0.5, 0.6) is 0 Å². The maximum absolute atomic E-state index is 2.28. The fraction of sp³-hybridized carbons (Fsp3) is 0.412. The molecule has 0 aliphatic heterocycles. The zero-order valence-corrected chi connectivity index (χ0v) is 12.5. The van der Waals surface area contributed by atoms with Gasteiger partial charge in [0.25, 0.3) is 0 Å². The van der Waals surface area contributed by atoms with E-state index in [2.05, 4.69) is 77.0 Å². The van der Waals surface area contributed by atoms with E-state index < -0.39 is 0 Å². The van der Waals surface area contributed by atoms with Crippen molar-refractivity contribution in [2.75, 3.05) is 19.0 Å². The van der Waals surface area contributed by atoms with Crippen molar-refractivity contribution in [1.29, 1.82) is 0 Å². The van der Waals surface area contributed by atoms with E-state index in [0.29, 0.717) is 0 Å². The molecule has 1 aromatic rings. The first-order valence-corrected chi connectivity index (χ1v) is 6.58. The van der Waals surface area contributed by atoms with Gasteiger partial charge in [-0.15, -0.1) is 0 Å². The van der Waals surface area contributed by atoms with Gasteiger partial charge in [0.2, 0.25) is 0 Å². The van der Waals surface area contributed by atoms with Crippen LogP contribution in [0.15, 0.2) is 41.0 Å². The average molecular weight is 243 g/mol. The van der Waals surface area contributed by atoms with Crippen molar-refractivity contribution in [3.05, 3.63) is 46.5 Å². The number of para-hydroxylation sites is 1. The second-order valence-corrected chi connectivity index (χ2v) is 5.04. The lowest BCUT2D eigenvalue weighted by atomic mass is 9.99. The van der Waals surface area contributed by atoms with Crippen LogP contribution in [0.3, 0.4) is 0 Å². The molecule has 18 heavy (non-hydrogen) atoms. The van der Waals surface area contributed by atoms with Gasteiger partial charge in [0.05, 0.1) is 0 Å². The van der Waals surface area contributed by atoms with Gasteiger partial charge < -0.3 is 4.90 Å². The highest BCUT2D eigenvalue weighted by molar-refractivity contribution is 5.70. The van der Waals surface area contributed by atoms with Crippen molar-refractivity contribution in [3.8, 4) is 0 Å². The summed E-state index contributed by atoms with van der Waals surface area (Å²) in [6, 6.07) is 8.51. The van der Waals surface area contributed by atoms with Crippen LogP contribution in [-0.2, 0) is 0 Å². The van der Waals surface area contributed by atoms with Crippen LogP contribution >= 0.6 is 0 Å². The summed E-state index contributed by atoms with van der Waals surface area (Å²) in [4.78, 5) is 2.16. The van der Waals surface area contributed by atoms with E-state index >= 15 is 0 Å². The molecule has 0 heterocycles. The summed E-state index contributed by atoms with van der Waals surface area (Å²) in [5, 5.41) is 0. The van der Waals surface area contributed by atoms with Crippen LogP contribution < -0.4 is 4.90 Å². The van der Waals surface area contributed by atoms with Gasteiger partial charge in [0.15, 0.2) is 0 Å². The molecule has 0 amide bonds. The first kappa shape index (κ1) is 14.6. The number of rotatable bonds is 4. The molecule has 0 spiro atoms. The van der Waals surface area contributed by atoms with Gasteiger partial charge in [0.1, 0.15) is 0 Å². The number of benzene rings is 1. The third-order valence-corrected chi connectivity index (χ3v) is 3.55. The molecule has 1 rings (SSSR count). The Balaban J connectivity index is 3.18. The molecule has 0 saturated heterocycles. The fourth-order valence-electron chi connectivity index (χ4n) is 1.96. The van der Waals surface area contributed by atoms with Crippen molar-refractivity contribution in [2.45, 2.75) is 34.1 Å². The normalized spacial score (nSPS) is 13.3. The predicted octanol–water partition coefficient (Wildman–Crippen LogP) is 4.90. The largest absolute Gasteiger partial charge is 0.377 e. The van der Waals surface area contributed by atoms with Gasteiger partial charge in [-0.2, -0.15) is 0 Å². The molecule has 0 aromatic heterocycles. The van der Waals surface area contributed by atoms with Crippen LogP contribution in [0, 0.1) is 0 Å². The van der Waals surface area contributed by atoms with Crippen LogP contribution in [0.2, 0.25) is 0 Å². The maximum atomic E-state index is 2.28. The molecule has 1 heteroatoms. The minimum atomic E-state index is 1.12. The van der Waals surface area contributed by atoms with Crippen LogP contribution in [-0.4, -0.2) is 14.1 Å². The predicted molar refractivity (Wildman–Crippen MR) is 83.1 cm³/mol. The Bertz CT molecular complexity index is 464. The number of anilines is 1. The van der Waals surface area contributed by atoms with E-state index in [9.17, 15) is 0 Å². The molecule has 0 aliphatic rings. The summed E-state index contributed by atoms with van der Waals surface area (Å²) in [6.07, 6.45) is 3.40. The van der Waals surface area contributed by atoms with Crippen molar-refractivity contribution in [1.82, 2.24) is 0 Å². The van der Waals surface area contributed by atoms with E-state index in [-0.39, 0.29) is 0 Å². The summed E-state index contributed by atoms with van der Waals surface area (Å²) in [5.41, 5.74) is 6.77. The summed E-state index contributed by atoms with van der Waals surface area (Å²) in [5.74, 6) is 0. The molecule has 0 fully saturated rings. The highest BCUT2D eigenvalue weighted by Gasteiger charge is 2.03. The van der Waals surface area contributed by atoms with E-state index in [4.69, 9.17) is 0 Å². The minimum Gasteiger partial charge on any atom is -0.377 e. The lowest BCUT2D eigenvalue weighted by Gasteiger charge is -2.16. The Hall–Kier alpha value is -1.50. The summed E-state index contributed by atoms with van der Waals surface area (Å²) in [6.45, 7) is 8.83. The first-order chi connectivity index (χ1) is 8.47. The zero-order valence-electron chi connectivity index (χ0n) is 12.5. The van der Waals surface area contributed by atoms with Crippen molar-refractivity contribution in [3.63, 3.8) is 0 Å². The van der Waals surface area contributed by atoms with E-state index in [1.165, 1.54) is 28.0 Å². The number of hydrogen-bond acceptors (Lipinski definition) is 1. The van der Waals surface area contributed by atoms with Crippen molar-refractivity contribution < 1.29 is 0 Å². The fourth-order valence-corrected chi connectivity index (χ4v) is 1.96. The van der Waals surface area contributed by atoms with Gasteiger partial charge in [-0.3, -0.25) is 0 Å². The third kappa shape index (κ3) is 3.49. The van der Waals surface area contributed by atoms with Crippen molar-refractivity contribution in [2.24, 2.45) is 0 Å². The van der Waals surface area contributed by atoms with Crippen LogP contribution in [0.1, 0.15) is 39.7 Å². The molecule has 98 valence electrons. The van der Waals surface area contributed by atoms with Crippen molar-refractivity contribution >= 4 is 11.8 Å². The average Bonchev–Trinajstić information content (AvgIpc) is 2.37. The molecule has 0 radical (unpaired) electrons. The minimum absolute atomic E-state index is 1.12. The van der Waals surface area contributed by atoms with E-state index in [0.717, 1.165) is 6.42 Å². The molecule has 0 aliphatic carbocycles. The van der Waals surface area contributed by atoms with E-state index in [1.807, 2.05) is 0 Å². The second kappa shape index (κ2) is 6.44. The number of allylic oxidation sites excluding steroid dienone is 3. The smallest absolute Gasteiger partial charge is 0.0434 e. The maximum Gasteiger partial charge on any atom is 0.0434 e. The summed E-state index contributed by atoms with van der Waals surface area (Å²) in [7, 11) is 4.17. The van der Waals surface area contributed by atoms with E-state index in [1.54, 1.807) is 0 Å². The van der Waals surface area contributed by atoms with Gasteiger partial charge in [-0.1, -0.05) is 30.7 Å². The molecular weight excluding hydrogens is 218 g/mol. The zero-order chi connectivity index (χ0) is 13.7. The lowest BCUT2D eigenvalue weighted by molar-refractivity contribution is 1.06. The Kier molecular flexibility index (Phi) is 5.21. The number of hydrogen-bond donors (Lipinski definition) is 0. The SMILES string of the molecule is CC/C(C)=C(C)/C(C)=C/c1ccccc1N(C)C. The quantitative estimate of drug-likeness (QED) is 0.680. The summed E-state index contributed by atoms with van der Waals surface area (Å²) < 4.78 is 0. The molecular formula is C17H25N. The van der Waals surface area contributed by atoms with Crippen LogP contribution in [0.4, 0.5) is 5.69 Å². The highest BCUT2D eigenvalue weighted by Crippen LogP contribution is 2.24. The Morgan fingerprint density at radius 3 is 2.28 bits per heavy atom. The Morgan fingerprint density at radius 2 is 1.72 bits per heavy atom. The third-order valence-electron chi connectivity index (χ3n) is 3.55. The standard InChI is InChI=1S/C17H25N/c1-7-13(2)15(4)14(3)12-16-10-8-9-11-17(16)18(5)6/h8-12H,7H2,1-6H3/b14-12+,15-13+. The molecule has 1 aromatic carbocycles. The topological polar surface area (TPSA) is 3.24 Å². The van der Waals surface area contributed by atoms with Crippen LogP contribution in [0.25, 0.3) is 6.08 Å². The second-order valence-electron chi connectivity index (χ2n) is 5.04. The molecule has 0 saturated carbocycles.